The van der Waals surface area contributed by atoms with Gasteiger partial charge in [0.25, 0.3) is 17.3 Å². The summed E-state index contributed by atoms with van der Waals surface area (Å²) in [4.78, 5) is 31.1. The maximum absolute atomic E-state index is 13.5. The van der Waals surface area contributed by atoms with Crippen molar-refractivity contribution in [1.82, 2.24) is 15.2 Å². The highest BCUT2D eigenvalue weighted by atomic mass is 16.7. The zero-order valence-electron chi connectivity index (χ0n) is 23.6. The molecule has 2 heterocycles. The maximum atomic E-state index is 13.5. The van der Waals surface area contributed by atoms with Crippen molar-refractivity contribution < 1.29 is 14.3 Å². The number of nitrogens with zero attached hydrogens (tertiary/aromatic N) is 1. The fourth-order valence-electron chi connectivity index (χ4n) is 6.42. The molecule has 0 spiro atoms. The lowest BCUT2D eigenvalue weighted by Gasteiger charge is -2.39. The van der Waals surface area contributed by atoms with Crippen LogP contribution in [0.5, 0.6) is 11.5 Å². The van der Waals surface area contributed by atoms with E-state index in [4.69, 9.17) is 9.47 Å². The van der Waals surface area contributed by atoms with Gasteiger partial charge in [0.15, 0.2) is 11.5 Å². The average Bonchev–Trinajstić information content (AvgIpc) is 3.53. The van der Waals surface area contributed by atoms with Crippen molar-refractivity contribution in [1.29, 1.82) is 0 Å². The number of aromatic nitrogens is 1. The standard InChI is InChI=1S/C31H41N3O4/c1-18-15-19(2)33-30(36)26(18)17-32-29(35)24-16-25(21-9-7-8-10-21)28-27(20(24)3)37-31(4,38-28)22-11-13-23(14-12-22)34(5)6/h9,15-16,22-23H,7-8,10-14,17H2,1-6H3,(H,32,35)(H,33,36). The third-order valence-electron chi connectivity index (χ3n) is 8.81. The summed E-state index contributed by atoms with van der Waals surface area (Å²) in [5, 5.41) is 2.99. The quantitative estimate of drug-likeness (QED) is 0.534. The van der Waals surface area contributed by atoms with Crippen LogP contribution < -0.4 is 20.3 Å². The van der Waals surface area contributed by atoms with Crippen molar-refractivity contribution in [3.63, 3.8) is 0 Å². The number of carbonyl (C=O) groups excluding carboxylic acids is 1. The highest BCUT2D eigenvalue weighted by Gasteiger charge is 2.47. The molecule has 2 N–H and O–H groups in total. The molecule has 1 aliphatic heterocycles. The van der Waals surface area contributed by atoms with Crippen LogP contribution in [0, 0.1) is 26.7 Å². The maximum Gasteiger partial charge on any atom is 0.253 e. The van der Waals surface area contributed by atoms with Gasteiger partial charge in [-0.05, 0) is 103 Å². The van der Waals surface area contributed by atoms with Crippen molar-refractivity contribution in [3.8, 4) is 11.5 Å². The Kier molecular flexibility index (Phi) is 7.16. The summed E-state index contributed by atoms with van der Waals surface area (Å²) < 4.78 is 13.4. The summed E-state index contributed by atoms with van der Waals surface area (Å²) in [5.74, 6) is 0.773. The van der Waals surface area contributed by atoms with Gasteiger partial charge in [0.05, 0.1) is 0 Å². The summed E-state index contributed by atoms with van der Waals surface area (Å²) in [5.41, 5.74) is 5.60. The van der Waals surface area contributed by atoms with Crippen LogP contribution in [-0.4, -0.2) is 41.7 Å². The molecule has 1 amide bonds. The summed E-state index contributed by atoms with van der Waals surface area (Å²) in [6, 6.07) is 4.48. The van der Waals surface area contributed by atoms with Crippen LogP contribution in [0.25, 0.3) is 5.57 Å². The smallest absolute Gasteiger partial charge is 0.253 e. The van der Waals surface area contributed by atoms with Crippen molar-refractivity contribution in [2.45, 2.75) is 91.0 Å². The van der Waals surface area contributed by atoms with E-state index in [2.05, 4.69) is 42.3 Å². The Balaban J connectivity index is 1.44. The molecule has 3 aliphatic rings. The lowest BCUT2D eigenvalue weighted by atomic mass is 9.81. The van der Waals surface area contributed by atoms with E-state index in [-0.39, 0.29) is 23.9 Å². The van der Waals surface area contributed by atoms with Crippen molar-refractivity contribution >= 4 is 11.5 Å². The van der Waals surface area contributed by atoms with E-state index in [1.54, 1.807) is 0 Å². The summed E-state index contributed by atoms with van der Waals surface area (Å²) in [6.45, 7) is 7.91. The number of fused-ring (bicyclic) bond motifs is 1. The minimum absolute atomic E-state index is 0.165. The molecule has 5 rings (SSSR count). The molecule has 1 aromatic carbocycles. The SMILES string of the molecule is Cc1cc(C)c(CNC(=O)c2cc(C3=CCCC3)c3c(c2C)OC(C)(C2CCC(N(C)C)CC2)O3)c(=O)[nH]1. The molecule has 38 heavy (non-hydrogen) atoms. The lowest BCUT2D eigenvalue weighted by molar-refractivity contribution is -0.123. The number of hydrogen-bond acceptors (Lipinski definition) is 5. The highest BCUT2D eigenvalue weighted by molar-refractivity contribution is 5.98. The predicted molar refractivity (Wildman–Crippen MR) is 150 cm³/mol. The van der Waals surface area contributed by atoms with Gasteiger partial charge in [-0.15, -0.1) is 0 Å². The van der Waals surface area contributed by atoms with Gasteiger partial charge >= 0.3 is 0 Å². The van der Waals surface area contributed by atoms with Gasteiger partial charge in [-0.25, -0.2) is 0 Å². The number of amides is 1. The average molecular weight is 520 g/mol. The fraction of sp³-hybridized carbons (Fsp3) is 0.548. The number of carbonyl (C=O) groups is 1. The van der Waals surface area contributed by atoms with E-state index in [9.17, 15) is 9.59 Å². The van der Waals surface area contributed by atoms with Crippen LogP contribution in [0.2, 0.25) is 0 Å². The van der Waals surface area contributed by atoms with E-state index in [0.717, 1.165) is 73.1 Å². The van der Waals surface area contributed by atoms with Gasteiger partial charge in [-0.1, -0.05) is 6.08 Å². The van der Waals surface area contributed by atoms with Crippen LogP contribution in [0.4, 0.5) is 0 Å². The molecule has 1 saturated carbocycles. The molecule has 0 radical (unpaired) electrons. The van der Waals surface area contributed by atoms with Gasteiger partial charge in [0.2, 0.25) is 0 Å². The van der Waals surface area contributed by atoms with E-state index in [1.165, 1.54) is 5.57 Å². The Morgan fingerprint density at radius 1 is 1.11 bits per heavy atom. The fourth-order valence-corrected chi connectivity index (χ4v) is 6.42. The number of allylic oxidation sites excluding steroid dienone is 2. The molecule has 7 heteroatoms. The normalized spacial score (nSPS) is 24.6. The first-order valence-electron chi connectivity index (χ1n) is 14.0. The molecule has 0 saturated heterocycles. The molecular weight excluding hydrogens is 478 g/mol. The molecular formula is C31H41N3O4. The van der Waals surface area contributed by atoms with E-state index >= 15 is 0 Å². The van der Waals surface area contributed by atoms with Gasteiger partial charge in [-0.3, -0.25) is 9.59 Å². The number of H-pyrrole nitrogens is 1. The topological polar surface area (TPSA) is 83.7 Å². The summed E-state index contributed by atoms with van der Waals surface area (Å²) >= 11 is 0. The second-order valence-corrected chi connectivity index (χ2v) is 11.7. The molecule has 0 bridgehead atoms. The number of ether oxygens (including phenoxy) is 2. The van der Waals surface area contributed by atoms with E-state index in [1.807, 2.05) is 32.9 Å². The number of pyridine rings is 1. The minimum atomic E-state index is -0.750. The molecule has 204 valence electrons. The molecule has 1 fully saturated rings. The largest absolute Gasteiger partial charge is 0.448 e. The van der Waals surface area contributed by atoms with Crippen molar-refractivity contribution in [3.05, 3.63) is 62.1 Å². The Morgan fingerprint density at radius 3 is 2.45 bits per heavy atom. The zero-order chi connectivity index (χ0) is 27.2. The molecule has 2 aromatic rings. The second-order valence-electron chi connectivity index (χ2n) is 11.7. The number of nitrogens with one attached hydrogen (secondary N) is 2. The first-order chi connectivity index (χ1) is 18.1. The highest BCUT2D eigenvalue weighted by Crippen LogP contribution is 2.52. The second kappa shape index (κ2) is 10.3. The van der Waals surface area contributed by atoms with Crippen LogP contribution in [0.15, 0.2) is 23.0 Å². The Hall–Kier alpha value is -3.06. The predicted octanol–water partition coefficient (Wildman–Crippen LogP) is 5.41. The van der Waals surface area contributed by atoms with Crippen LogP contribution in [-0.2, 0) is 6.54 Å². The van der Waals surface area contributed by atoms with Crippen LogP contribution in [0.3, 0.4) is 0 Å². The summed E-state index contributed by atoms with van der Waals surface area (Å²) in [6.07, 6.45) is 9.68. The monoisotopic (exact) mass is 519 g/mol. The molecule has 1 atom stereocenters. The van der Waals surface area contributed by atoms with Crippen molar-refractivity contribution in [2.75, 3.05) is 14.1 Å². The molecule has 1 aromatic heterocycles. The lowest BCUT2D eigenvalue weighted by Crippen LogP contribution is -2.46. The third-order valence-corrected chi connectivity index (χ3v) is 8.81. The Morgan fingerprint density at radius 2 is 1.82 bits per heavy atom. The number of benzene rings is 1. The van der Waals surface area contributed by atoms with Crippen LogP contribution in [0.1, 0.15) is 90.2 Å². The van der Waals surface area contributed by atoms with E-state index in [0.29, 0.717) is 22.9 Å². The van der Waals surface area contributed by atoms with Gasteiger partial charge in [-0.2, -0.15) is 0 Å². The van der Waals surface area contributed by atoms with E-state index < -0.39 is 5.79 Å². The molecule has 2 aliphatic carbocycles. The third kappa shape index (κ3) is 4.89. The van der Waals surface area contributed by atoms with Crippen LogP contribution >= 0.6 is 0 Å². The number of hydrogen-bond donors (Lipinski definition) is 2. The van der Waals surface area contributed by atoms with Crippen molar-refractivity contribution in [2.24, 2.45) is 5.92 Å². The van der Waals surface area contributed by atoms with Gasteiger partial charge < -0.3 is 24.7 Å². The summed E-state index contributed by atoms with van der Waals surface area (Å²) in [7, 11) is 4.30. The first-order valence-corrected chi connectivity index (χ1v) is 14.0. The number of aryl methyl sites for hydroxylation is 2. The van der Waals surface area contributed by atoms with Gasteiger partial charge in [0, 0.05) is 53.4 Å². The van der Waals surface area contributed by atoms with Gasteiger partial charge in [0.1, 0.15) is 0 Å². The first kappa shape index (κ1) is 26.5. The zero-order valence-corrected chi connectivity index (χ0v) is 23.6. The molecule has 7 nitrogen and oxygen atoms in total. The Bertz CT molecular complexity index is 1330. The molecule has 1 unspecified atom stereocenters. The minimum Gasteiger partial charge on any atom is -0.448 e. The number of aromatic amines is 1. The Labute approximate surface area is 225 Å². The number of rotatable bonds is 6.